The smallest absolute Gasteiger partial charge is 0.251 e. The molecule has 2 heterocycles. The van der Waals surface area contributed by atoms with E-state index < -0.39 is 0 Å². The molecule has 1 aliphatic carbocycles. The first kappa shape index (κ1) is 31.8. The molecule has 2 aliphatic heterocycles. The van der Waals surface area contributed by atoms with Gasteiger partial charge in [-0.15, -0.1) is 0 Å². The predicted molar refractivity (Wildman–Crippen MR) is 176 cm³/mol. The molecule has 230 valence electrons. The monoisotopic (exact) mass is 622 g/mol. The van der Waals surface area contributed by atoms with Gasteiger partial charge in [-0.05, 0) is 87.4 Å². The van der Waals surface area contributed by atoms with Crippen LogP contribution in [-0.4, -0.2) is 73.0 Å². The third-order valence-corrected chi connectivity index (χ3v) is 9.71. The Kier molecular flexibility index (Phi) is 11.7. The zero-order chi connectivity index (χ0) is 30.0. The fourth-order valence-corrected chi connectivity index (χ4v) is 6.79. The molecule has 0 aromatic heterocycles. The molecular formula is C35H44Cl2N4O2. The molecule has 2 amide bonds. The Labute approximate surface area is 266 Å². The molecule has 2 N–H and O–H groups in total. The number of allylic oxidation sites excluding steroid dienone is 3. The van der Waals surface area contributed by atoms with E-state index in [4.69, 9.17) is 23.2 Å². The molecule has 2 aromatic carbocycles. The summed E-state index contributed by atoms with van der Waals surface area (Å²) in [5.41, 5.74) is 3.03. The van der Waals surface area contributed by atoms with Crippen molar-refractivity contribution in [3.8, 4) is 0 Å². The Morgan fingerprint density at radius 1 is 0.977 bits per heavy atom. The normalized spacial score (nSPS) is 22.1. The van der Waals surface area contributed by atoms with E-state index in [2.05, 4.69) is 62.9 Å². The fourth-order valence-electron chi connectivity index (χ4n) is 6.49. The van der Waals surface area contributed by atoms with Crippen molar-refractivity contribution in [1.82, 2.24) is 20.4 Å². The number of amides is 2. The number of nitrogens with one attached hydrogen (secondary N) is 2. The summed E-state index contributed by atoms with van der Waals surface area (Å²) in [5, 5.41) is 7.54. The Morgan fingerprint density at radius 3 is 2.53 bits per heavy atom. The molecule has 0 bridgehead atoms. The van der Waals surface area contributed by atoms with E-state index in [1.54, 1.807) is 18.2 Å². The fraction of sp³-hybridized carbons (Fsp3) is 0.486. The average molecular weight is 624 g/mol. The van der Waals surface area contributed by atoms with Gasteiger partial charge in [0.25, 0.3) is 5.91 Å². The maximum absolute atomic E-state index is 14.2. The number of piperidine rings is 1. The van der Waals surface area contributed by atoms with Crippen LogP contribution in [-0.2, 0) is 4.79 Å². The second-order valence-electron chi connectivity index (χ2n) is 12.0. The minimum Gasteiger partial charge on any atom is -0.352 e. The summed E-state index contributed by atoms with van der Waals surface area (Å²) in [6, 6.07) is 15.4. The SMILES string of the molecule is O=C(NCC[C@@H]1CCN(CC(C2=CCCC=C2)c2ccccc2)C(=O)[C@H](CCN2CCCCC2)N1)c1ccc(Cl)c(Cl)c1. The molecule has 2 aromatic rings. The van der Waals surface area contributed by atoms with Gasteiger partial charge in [0.2, 0.25) is 5.91 Å². The Hall–Kier alpha value is -2.64. The molecular weight excluding hydrogens is 579 g/mol. The number of carbonyl (C=O) groups excluding carboxylic acids is 2. The van der Waals surface area contributed by atoms with E-state index in [0.717, 1.165) is 51.7 Å². The van der Waals surface area contributed by atoms with Gasteiger partial charge in [-0.1, -0.05) is 78.2 Å². The Balaban J connectivity index is 1.27. The van der Waals surface area contributed by atoms with Gasteiger partial charge >= 0.3 is 0 Å². The third kappa shape index (κ3) is 8.95. The number of nitrogens with zero attached hydrogens (tertiary/aromatic N) is 2. The van der Waals surface area contributed by atoms with Gasteiger partial charge in [0.15, 0.2) is 0 Å². The number of carbonyl (C=O) groups is 2. The molecule has 2 saturated heterocycles. The van der Waals surface area contributed by atoms with Crippen molar-refractivity contribution in [3.63, 3.8) is 0 Å². The molecule has 8 heteroatoms. The molecule has 2 fully saturated rings. The van der Waals surface area contributed by atoms with Crippen molar-refractivity contribution in [3.05, 3.63) is 93.5 Å². The molecule has 3 aliphatic rings. The highest BCUT2D eigenvalue weighted by Crippen LogP contribution is 2.30. The van der Waals surface area contributed by atoms with Gasteiger partial charge in [-0.3, -0.25) is 9.59 Å². The first-order chi connectivity index (χ1) is 21.0. The van der Waals surface area contributed by atoms with E-state index in [0.29, 0.717) is 35.2 Å². The lowest BCUT2D eigenvalue weighted by molar-refractivity contribution is -0.133. The van der Waals surface area contributed by atoms with Gasteiger partial charge < -0.3 is 20.4 Å². The van der Waals surface area contributed by atoms with Crippen molar-refractivity contribution in [1.29, 1.82) is 0 Å². The molecule has 0 radical (unpaired) electrons. The first-order valence-corrected chi connectivity index (χ1v) is 16.7. The van der Waals surface area contributed by atoms with Crippen LogP contribution in [0, 0.1) is 0 Å². The minimum atomic E-state index is -0.243. The van der Waals surface area contributed by atoms with Crippen molar-refractivity contribution in [2.45, 2.75) is 69.4 Å². The lowest BCUT2D eigenvalue weighted by Gasteiger charge is -2.32. The molecule has 3 atom stereocenters. The van der Waals surface area contributed by atoms with E-state index >= 15 is 0 Å². The van der Waals surface area contributed by atoms with Crippen LogP contribution in [0.2, 0.25) is 10.0 Å². The lowest BCUT2D eigenvalue weighted by Crippen LogP contribution is -2.48. The summed E-state index contributed by atoms with van der Waals surface area (Å²) in [4.78, 5) is 31.5. The highest BCUT2D eigenvalue weighted by molar-refractivity contribution is 6.42. The van der Waals surface area contributed by atoms with Crippen LogP contribution in [0.3, 0.4) is 0 Å². The molecule has 0 saturated carbocycles. The van der Waals surface area contributed by atoms with Gasteiger partial charge in [0.05, 0.1) is 16.1 Å². The Morgan fingerprint density at radius 2 is 1.79 bits per heavy atom. The average Bonchev–Trinajstić information content (AvgIpc) is 3.19. The largest absolute Gasteiger partial charge is 0.352 e. The van der Waals surface area contributed by atoms with Crippen molar-refractivity contribution >= 4 is 35.0 Å². The van der Waals surface area contributed by atoms with Crippen LogP contribution in [0.25, 0.3) is 0 Å². The second kappa shape index (κ2) is 15.9. The van der Waals surface area contributed by atoms with E-state index in [9.17, 15) is 9.59 Å². The third-order valence-electron chi connectivity index (χ3n) is 8.97. The van der Waals surface area contributed by atoms with Crippen LogP contribution >= 0.6 is 23.2 Å². The summed E-state index contributed by atoms with van der Waals surface area (Å²) in [7, 11) is 0. The topological polar surface area (TPSA) is 64.7 Å². The van der Waals surface area contributed by atoms with Crippen molar-refractivity contribution in [2.75, 3.05) is 39.3 Å². The maximum Gasteiger partial charge on any atom is 0.251 e. The Bertz CT molecular complexity index is 1290. The zero-order valence-corrected chi connectivity index (χ0v) is 26.5. The van der Waals surface area contributed by atoms with Gasteiger partial charge in [0, 0.05) is 43.7 Å². The number of likely N-dealkylation sites (tertiary alicyclic amines) is 1. The highest BCUT2D eigenvalue weighted by atomic mass is 35.5. The quantitative estimate of drug-likeness (QED) is 0.296. The number of hydrogen-bond donors (Lipinski definition) is 2. The molecule has 0 spiro atoms. The number of hydrogen-bond acceptors (Lipinski definition) is 4. The summed E-state index contributed by atoms with van der Waals surface area (Å²) < 4.78 is 0. The number of benzene rings is 2. The maximum atomic E-state index is 14.2. The van der Waals surface area contributed by atoms with Crippen molar-refractivity contribution in [2.24, 2.45) is 0 Å². The van der Waals surface area contributed by atoms with Crippen LogP contribution in [0.5, 0.6) is 0 Å². The van der Waals surface area contributed by atoms with Gasteiger partial charge in [0.1, 0.15) is 0 Å². The van der Waals surface area contributed by atoms with Crippen LogP contribution in [0.1, 0.15) is 73.2 Å². The van der Waals surface area contributed by atoms with Crippen molar-refractivity contribution < 1.29 is 9.59 Å². The highest BCUT2D eigenvalue weighted by Gasteiger charge is 2.33. The lowest BCUT2D eigenvalue weighted by atomic mass is 9.87. The summed E-state index contributed by atoms with van der Waals surface area (Å²) in [6.45, 7) is 5.03. The molecule has 5 rings (SSSR count). The second-order valence-corrected chi connectivity index (χ2v) is 12.8. The summed E-state index contributed by atoms with van der Waals surface area (Å²) >= 11 is 12.1. The first-order valence-electron chi connectivity index (χ1n) is 15.9. The summed E-state index contributed by atoms with van der Waals surface area (Å²) in [5.74, 6) is 0.165. The van der Waals surface area contributed by atoms with Gasteiger partial charge in [-0.25, -0.2) is 0 Å². The van der Waals surface area contributed by atoms with Crippen LogP contribution in [0.15, 0.2) is 72.3 Å². The molecule has 43 heavy (non-hydrogen) atoms. The zero-order valence-electron chi connectivity index (χ0n) is 24.9. The van der Waals surface area contributed by atoms with Crippen LogP contribution in [0.4, 0.5) is 0 Å². The van der Waals surface area contributed by atoms with E-state index in [-0.39, 0.29) is 29.8 Å². The summed E-state index contributed by atoms with van der Waals surface area (Å²) in [6.07, 6.45) is 15.1. The minimum absolute atomic E-state index is 0.123. The standard InChI is InChI=1S/C35H44Cl2N4O2/c36-31-15-14-28(24-32(31)37)34(42)38-19-16-29-17-23-41(35(43)33(39-29)18-22-40-20-8-3-9-21-40)25-30(26-10-4-1-5-11-26)27-12-6-2-7-13-27/h1,4-6,10-15,24,29-30,33,39H,2-3,7-9,16-23,25H2,(H,38,42)/t29-,30?,33+/m1/s1. The number of rotatable bonds is 11. The van der Waals surface area contributed by atoms with E-state index in [1.165, 1.54) is 30.4 Å². The predicted octanol–water partition coefficient (Wildman–Crippen LogP) is 6.61. The molecule has 6 nitrogen and oxygen atoms in total. The van der Waals surface area contributed by atoms with Crippen LogP contribution < -0.4 is 10.6 Å². The molecule has 1 unspecified atom stereocenters. The van der Waals surface area contributed by atoms with E-state index in [1.807, 2.05) is 6.07 Å². The van der Waals surface area contributed by atoms with Gasteiger partial charge in [-0.2, -0.15) is 0 Å². The number of halogens is 2.